The number of carboxylic acid groups (broad SMARTS) is 2. The van der Waals surface area contributed by atoms with Crippen LogP contribution in [0, 0.1) is 5.92 Å². The molecule has 0 unspecified atom stereocenters. The fourth-order valence-corrected chi connectivity index (χ4v) is 1.30. The van der Waals surface area contributed by atoms with Crippen LogP contribution < -0.4 is 5.32 Å². The van der Waals surface area contributed by atoms with Gasteiger partial charge in [0.05, 0.1) is 6.61 Å². The first kappa shape index (κ1) is 28.5. The number of amides is 1. The first-order valence-electron chi connectivity index (χ1n) is 5.40. The summed E-state index contributed by atoms with van der Waals surface area (Å²) in [5, 5.41) is 19.7. The van der Waals surface area contributed by atoms with Crippen LogP contribution in [-0.4, -0.2) is 53.6 Å². The fraction of sp³-hybridized carbons (Fsp3) is 0.700. The Kier molecular flexibility index (Phi) is 23.6. The summed E-state index contributed by atoms with van der Waals surface area (Å²) in [6.07, 6.45) is 0.254. The molecule has 0 aromatic rings. The van der Waals surface area contributed by atoms with Crippen LogP contribution in [0.25, 0.3) is 12.3 Å². The molecule has 1 amide bonds. The molecule has 0 fully saturated rings. The van der Waals surface area contributed by atoms with E-state index in [4.69, 9.17) is 14.9 Å². The van der Waals surface area contributed by atoms with Crippen molar-refractivity contribution in [1.82, 2.24) is 5.32 Å². The first-order chi connectivity index (χ1) is 8.49. The van der Waals surface area contributed by atoms with E-state index in [1.54, 1.807) is 0 Å². The number of rotatable bonds is 10. The van der Waals surface area contributed by atoms with Gasteiger partial charge < -0.3 is 32.6 Å². The average Bonchev–Trinajstić information content (AvgIpc) is 2.28. The minimum Gasteiger partial charge on any atom is -0.693 e. The van der Waals surface area contributed by atoms with Crippen molar-refractivity contribution in [3.05, 3.63) is 12.3 Å². The van der Waals surface area contributed by atoms with E-state index in [0.717, 1.165) is 0 Å². The molecule has 7 N–H and O–H groups in total. The molecule has 0 rings (SSSR count). The second kappa shape index (κ2) is 17.4. The van der Waals surface area contributed by atoms with Crippen LogP contribution in [0.2, 0.25) is 0 Å². The summed E-state index contributed by atoms with van der Waals surface area (Å²) in [6, 6.07) is 0. The van der Waals surface area contributed by atoms with Crippen molar-refractivity contribution < 1.29 is 50.4 Å². The van der Waals surface area contributed by atoms with Crippen LogP contribution in [0.5, 0.6) is 0 Å². The van der Waals surface area contributed by atoms with Crippen LogP contribution in [-0.2, 0) is 40.2 Å². The third-order valence-corrected chi connectivity index (χ3v) is 2.24. The van der Waals surface area contributed by atoms with Gasteiger partial charge in [0, 0.05) is 12.3 Å². The molecule has 11 heteroatoms. The maximum atomic E-state index is 11.1. The van der Waals surface area contributed by atoms with E-state index in [1.165, 1.54) is 0 Å². The zero-order valence-corrected chi connectivity index (χ0v) is 14.4. The predicted octanol–water partition coefficient (Wildman–Crippen LogP) is 1.05. The summed E-state index contributed by atoms with van der Waals surface area (Å²) in [5.74, 6) is -3.97. The molecule has 0 aromatic heterocycles. The zero-order chi connectivity index (χ0) is 14.0. The van der Waals surface area contributed by atoms with E-state index in [1.807, 2.05) is 0 Å². The number of hydrogen-bond acceptors (Lipinski definition) is 5. The van der Waals surface area contributed by atoms with Crippen LogP contribution >= 0.6 is 12.6 Å². The molecule has 0 atom stereocenters. The Labute approximate surface area is 143 Å². The van der Waals surface area contributed by atoms with Gasteiger partial charge in [0.25, 0.3) is 0 Å². The molecule has 0 spiro atoms. The Morgan fingerprint density at radius 1 is 1.14 bits per heavy atom. The van der Waals surface area contributed by atoms with Gasteiger partial charge in [-0.05, 0) is 12.8 Å². The van der Waals surface area contributed by atoms with Crippen molar-refractivity contribution in [2.24, 2.45) is 5.92 Å². The van der Waals surface area contributed by atoms with Crippen molar-refractivity contribution >= 4 is 30.5 Å². The number of thiol groups is 1. The Morgan fingerprint density at radius 3 is 2.10 bits per heavy atom. The molecule has 0 radical (unpaired) electrons. The van der Waals surface area contributed by atoms with Gasteiger partial charge in [-0.15, -0.1) is 0 Å². The monoisotopic (exact) mass is 506 g/mol. The largest absolute Gasteiger partial charge is 2.00 e. The molecule has 0 aliphatic heterocycles. The summed E-state index contributed by atoms with van der Waals surface area (Å²) >= 11 is 3.90. The third-order valence-electron chi connectivity index (χ3n) is 2.06. The van der Waals surface area contributed by atoms with Gasteiger partial charge in [-0.3, -0.25) is 14.4 Å². The first-order valence-corrected chi connectivity index (χ1v) is 6.03. The molecule has 0 saturated heterocycles. The van der Waals surface area contributed by atoms with Crippen molar-refractivity contribution in [2.45, 2.75) is 12.8 Å². The maximum absolute atomic E-state index is 11.1. The molecule has 0 aliphatic rings. The molecule has 0 saturated carbocycles. The van der Waals surface area contributed by atoms with Crippen LogP contribution in [0.1, 0.15) is 12.8 Å². The Balaban J connectivity index is -0.000000482. The van der Waals surface area contributed by atoms with E-state index in [2.05, 4.69) is 17.9 Å². The Morgan fingerprint density at radius 2 is 1.67 bits per heavy atom. The van der Waals surface area contributed by atoms with Gasteiger partial charge >= 0.3 is 33.0 Å². The normalized spacial score (nSPS) is 8.86. The SMILES string of the molecule is O=C(COCCS)NCCCC(C(=O)O)C(=O)O.[NH2-].[NH2-].[Pt+2]. The fourth-order valence-electron chi connectivity index (χ4n) is 1.17. The summed E-state index contributed by atoms with van der Waals surface area (Å²) in [4.78, 5) is 32.2. The van der Waals surface area contributed by atoms with Crippen molar-refractivity contribution in [1.29, 1.82) is 0 Å². The number of nitrogens with two attached hydrogens (primary N) is 2. The molecule has 21 heavy (non-hydrogen) atoms. The number of ether oxygens (including phenoxy) is 1. The number of hydrogen-bond donors (Lipinski definition) is 4. The van der Waals surface area contributed by atoms with Crippen LogP contribution in [0.4, 0.5) is 0 Å². The quantitative estimate of drug-likeness (QED) is 0.195. The molecule has 0 aliphatic carbocycles. The van der Waals surface area contributed by atoms with Gasteiger partial charge in [0.1, 0.15) is 6.61 Å². The molecule has 0 heterocycles. The molecular formula is C10H21N3O6PtS. The van der Waals surface area contributed by atoms with Crippen molar-refractivity contribution in [3.63, 3.8) is 0 Å². The summed E-state index contributed by atoms with van der Waals surface area (Å²) in [6.45, 7) is 0.513. The van der Waals surface area contributed by atoms with Gasteiger partial charge in [0.2, 0.25) is 5.91 Å². The van der Waals surface area contributed by atoms with E-state index in [0.29, 0.717) is 12.4 Å². The second-order valence-corrected chi connectivity index (χ2v) is 3.94. The molecule has 0 aromatic carbocycles. The number of carbonyl (C=O) groups is 3. The predicted molar refractivity (Wildman–Crippen MR) is 76.2 cm³/mol. The second-order valence-electron chi connectivity index (χ2n) is 3.50. The Hall–Kier alpha value is -0.672. The number of carbonyl (C=O) groups excluding carboxylic acids is 1. The molecule has 128 valence electrons. The van der Waals surface area contributed by atoms with Gasteiger partial charge in [0.15, 0.2) is 5.92 Å². The smallest absolute Gasteiger partial charge is 0.693 e. The molecule has 9 nitrogen and oxygen atoms in total. The van der Waals surface area contributed by atoms with E-state index >= 15 is 0 Å². The number of aliphatic carboxylic acids is 2. The summed E-state index contributed by atoms with van der Waals surface area (Å²) < 4.78 is 4.92. The van der Waals surface area contributed by atoms with E-state index < -0.39 is 17.9 Å². The van der Waals surface area contributed by atoms with E-state index in [-0.39, 0.29) is 65.3 Å². The average molecular weight is 506 g/mol. The number of nitrogens with one attached hydrogen (secondary N) is 1. The number of carboxylic acids is 2. The van der Waals surface area contributed by atoms with Crippen LogP contribution in [0.15, 0.2) is 0 Å². The van der Waals surface area contributed by atoms with Crippen LogP contribution in [0.3, 0.4) is 0 Å². The third kappa shape index (κ3) is 15.5. The maximum Gasteiger partial charge on any atom is 2.00 e. The van der Waals surface area contributed by atoms with Crippen molar-refractivity contribution in [3.8, 4) is 0 Å². The topological polar surface area (TPSA) is 180 Å². The summed E-state index contributed by atoms with van der Waals surface area (Å²) in [5.41, 5.74) is 0. The minimum absolute atomic E-state index is 0. The molecule has 0 bridgehead atoms. The Bertz CT molecular complexity index is 295. The van der Waals surface area contributed by atoms with Gasteiger partial charge in [-0.2, -0.15) is 12.6 Å². The van der Waals surface area contributed by atoms with E-state index in [9.17, 15) is 14.4 Å². The van der Waals surface area contributed by atoms with Gasteiger partial charge in [-0.25, -0.2) is 0 Å². The summed E-state index contributed by atoms with van der Waals surface area (Å²) in [7, 11) is 0. The van der Waals surface area contributed by atoms with Gasteiger partial charge in [-0.1, -0.05) is 0 Å². The molecular weight excluding hydrogens is 485 g/mol. The zero-order valence-electron chi connectivity index (χ0n) is 11.3. The minimum atomic E-state index is -1.43. The standard InChI is InChI=1S/C10H17NO6S.2H2N.Pt/c12-8(6-17-4-5-18)11-3-1-2-7(9(13)14)10(15)16;;;/h7,18H,1-6H2,(H,11,12)(H,13,14)(H,15,16);2*1H2;/q;2*-1;+2. The van der Waals surface area contributed by atoms with Crippen molar-refractivity contribution in [2.75, 3.05) is 25.5 Å².